The van der Waals surface area contributed by atoms with E-state index in [2.05, 4.69) is 46.8 Å². The summed E-state index contributed by atoms with van der Waals surface area (Å²) in [7, 11) is 2.08. The molecule has 0 saturated carbocycles. The standard InChI is InChI=1S/C35H49N5O6/c1-23-19-40(24(2)22-41)34(42)30-18-29(36-35(43)37-33-26(4)38-46-27(33)5)15-16-31(30)45-25(3)12-10-11-17-44-32(23)21-39(6)20-28-13-8-7-9-14-28/h7-9,13-16,18,23-25,32,41H,10-12,17,19-22H2,1-6H3,(H2,36,37,43)/t23-,24-,25-,32-/m1/s1. The van der Waals surface area contributed by atoms with Crippen molar-refractivity contribution >= 4 is 23.3 Å². The van der Waals surface area contributed by atoms with E-state index in [4.69, 9.17) is 14.0 Å². The van der Waals surface area contributed by atoms with Gasteiger partial charge in [0.1, 0.15) is 17.1 Å². The maximum atomic E-state index is 14.3. The first kappa shape index (κ1) is 34.9. The number of aryl methyl sites for hydroxylation is 2. The Bertz CT molecular complexity index is 1410. The molecule has 11 heteroatoms. The van der Waals surface area contributed by atoms with Crippen LogP contribution in [0, 0.1) is 19.8 Å². The third-order valence-electron chi connectivity index (χ3n) is 8.37. The third-order valence-corrected chi connectivity index (χ3v) is 8.37. The second-order valence-electron chi connectivity index (χ2n) is 12.5. The molecule has 46 heavy (non-hydrogen) atoms. The van der Waals surface area contributed by atoms with Gasteiger partial charge >= 0.3 is 6.03 Å². The molecule has 2 aromatic carbocycles. The van der Waals surface area contributed by atoms with Crippen molar-refractivity contribution in [2.45, 2.75) is 78.7 Å². The van der Waals surface area contributed by atoms with Gasteiger partial charge < -0.3 is 34.6 Å². The summed E-state index contributed by atoms with van der Waals surface area (Å²) in [6.07, 6.45) is 2.33. The predicted octanol–water partition coefficient (Wildman–Crippen LogP) is 5.86. The van der Waals surface area contributed by atoms with E-state index in [1.807, 2.05) is 32.0 Å². The molecule has 4 rings (SSSR count). The summed E-state index contributed by atoms with van der Waals surface area (Å²) in [5.74, 6) is 0.596. The minimum absolute atomic E-state index is 0.0375. The molecule has 0 bridgehead atoms. The molecule has 0 radical (unpaired) electrons. The molecular formula is C35H49N5O6. The van der Waals surface area contributed by atoms with Gasteiger partial charge in [-0.3, -0.25) is 9.69 Å². The smallest absolute Gasteiger partial charge is 0.323 e. The summed E-state index contributed by atoms with van der Waals surface area (Å²) in [5.41, 5.74) is 3.00. The number of aliphatic hydroxyl groups is 1. The lowest BCUT2D eigenvalue weighted by molar-refractivity contribution is -0.0177. The van der Waals surface area contributed by atoms with Crippen molar-refractivity contribution in [3.8, 4) is 5.75 Å². The lowest BCUT2D eigenvalue weighted by Gasteiger charge is -2.36. The number of nitrogens with one attached hydrogen (secondary N) is 2. The van der Waals surface area contributed by atoms with Crippen LogP contribution in [0.4, 0.5) is 16.2 Å². The SMILES string of the molecule is Cc1noc(C)c1NC(=O)Nc1ccc2c(c1)C(=O)N([C@H](C)CO)C[C@@H](C)[C@@H](CN(C)Cc1ccccc1)OCCCC[C@@H](C)O2. The van der Waals surface area contributed by atoms with Crippen LogP contribution in [0.1, 0.15) is 67.4 Å². The lowest BCUT2D eigenvalue weighted by Crippen LogP contribution is -2.47. The number of benzene rings is 2. The summed E-state index contributed by atoms with van der Waals surface area (Å²) in [4.78, 5) is 31.2. The number of ether oxygens (including phenoxy) is 2. The quantitative estimate of drug-likeness (QED) is 0.281. The Labute approximate surface area is 272 Å². The van der Waals surface area contributed by atoms with Gasteiger partial charge in [-0.1, -0.05) is 42.4 Å². The molecule has 3 aromatic rings. The van der Waals surface area contributed by atoms with E-state index in [1.165, 1.54) is 5.56 Å². The number of hydrogen-bond donors (Lipinski definition) is 3. The van der Waals surface area contributed by atoms with Crippen LogP contribution in [0.15, 0.2) is 53.1 Å². The minimum Gasteiger partial charge on any atom is -0.490 e. The molecule has 4 atom stereocenters. The predicted molar refractivity (Wildman–Crippen MR) is 178 cm³/mol. The second-order valence-corrected chi connectivity index (χ2v) is 12.5. The van der Waals surface area contributed by atoms with Crippen LogP contribution in [0.2, 0.25) is 0 Å². The summed E-state index contributed by atoms with van der Waals surface area (Å²) in [6, 6.07) is 14.4. The molecule has 0 aliphatic carbocycles. The number of amides is 3. The zero-order valence-electron chi connectivity index (χ0n) is 27.9. The van der Waals surface area contributed by atoms with Crippen molar-refractivity contribution in [1.29, 1.82) is 0 Å². The Balaban J connectivity index is 1.60. The zero-order valence-corrected chi connectivity index (χ0v) is 27.9. The largest absolute Gasteiger partial charge is 0.490 e. The third kappa shape index (κ3) is 9.54. The fourth-order valence-corrected chi connectivity index (χ4v) is 5.67. The number of carbonyl (C=O) groups is 2. The average molecular weight is 636 g/mol. The number of hydrogen-bond acceptors (Lipinski definition) is 8. The van der Waals surface area contributed by atoms with Crippen LogP contribution in [0.3, 0.4) is 0 Å². The summed E-state index contributed by atoms with van der Waals surface area (Å²) in [5, 5.41) is 19.7. The van der Waals surface area contributed by atoms with E-state index in [0.29, 0.717) is 53.8 Å². The lowest BCUT2D eigenvalue weighted by atomic mass is 10.0. The Morgan fingerprint density at radius 1 is 1.13 bits per heavy atom. The maximum absolute atomic E-state index is 14.3. The highest BCUT2D eigenvalue weighted by Crippen LogP contribution is 2.29. The molecule has 3 amide bonds. The molecule has 2 heterocycles. The summed E-state index contributed by atoms with van der Waals surface area (Å²) >= 11 is 0. The molecule has 0 spiro atoms. The fraction of sp³-hybridized carbons (Fsp3) is 0.514. The van der Waals surface area contributed by atoms with Gasteiger partial charge in [-0.15, -0.1) is 0 Å². The molecular weight excluding hydrogens is 586 g/mol. The number of urea groups is 1. The molecule has 3 N–H and O–H groups in total. The molecule has 250 valence electrons. The Kier molecular flexibility index (Phi) is 12.6. The number of nitrogens with zero attached hydrogens (tertiary/aromatic N) is 3. The first-order valence-electron chi connectivity index (χ1n) is 16.1. The first-order valence-corrected chi connectivity index (χ1v) is 16.1. The maximum Gasteiger partial charge on any atom is 0.323 e. The number of anilines is 2. The number of carbonyl (C=O) groups excluding carboxylic acids is 2. The van der Waals surface area contributed by atoms with Crippen molar-refractivity contribution in [1.82, 2.24) is 15.0 Å². The number of likely N-dealkylation sites (N-methyl/N-ethyl adjacent to an activating group) is 1. The number of aromatic nitrogens is 1. The normalized spacial score (nSPS) is 20.4. The van der Waals surface area contributed by atoms with Gasteiger partial charge in [0.2, 0.25) is 0 Å². The van der Waals surface area contributed by atoms with Gasteiger partial charge in [-0.2, -0.15) is 0 Å². The molecule has 0 fully saturated rings. The molecule has 1 aliphatic heterocycles. The van der Waals surface area contributed by atoms with Crippen LogP contribution < -0.4 is 15.4 Å². The summed E-state index contributed by atoms with van der Waals surface area (Å²) in [6.45, 7) is 11.6. The number of rotatable bonds is 8. The molecule has 0 unspecified atom stereocenters. The minimum atomic E-state index is -0.495. The fourth-order valence-electron chi connectivity index (χ4n) is 5.67. The van der Waals surface area contributed by atoms with Crippen molar-refractivity contribution in [3.05, 3.63) is 71.1 Å². The van der Waals surface area contributed by atoms with Gasteiger partial charge in [0, 0.05) is 37.8 Å². The van der Waals surface area contributed by atoms with E-state index in [-0.39, 0.29) is 30.6 Å². The molecule has 1 aliphatic rings. The van der Waals surface area contributed by atoms with Crippen molar-refractivity contribution < 1.29 is 28.7 Å². The number of fused-ring (bicyclic) bond motifs is 1. The van der Waals surface area contributed by atoms with Gasteiger partial charge in [-0.25, -0.2) is 4.79 Å². The van der Waals surface area contributed by atoms with E-state index in [1.54, 1.807) is 36.9 Å². The average Bonchev–Trinajstić information content (AvgIpc) is 3.34. The van der Waals surface area contributed by atoms with Crippen molar-refractivity contribution in [2.24, 2.45) is 5.92 Å². The van der Waals surface area contributed by atoms with Crippen LogP contribution in [-0.2, 0) is 11.3 Å². The highest BCUT2D eigenvalue weighted by Gasteiger charge is 2.30. The van der Waals surface area contributed by atoms with E-state index < -0.39 is 12.1 Å². The monoisotopic (exact) mass is 635 g/mol. The highest BCUT2D eigenvalue weighted by atomic mass is 16.5. The second kappa shape index (κ2) is 16.6. The van der Waals surface area contributed by atoms with Gasteiger partial charge in [0.05, 0.1) is 30.4 Å². The number of aliphatic hydroxyl groups excluding tert-OH is 1. The first-order chi connectivity index (χ1) is 22.0. The topological polar surface area (TPSA) is 129 Å². The van der Waals surface area contributed by atoms with Gasteiger partial charge in [0.15, 0.2) is 5.76 Å². The zero-order chi connectivity index (χ0) is 33.2. The molecule has 11 nitrogen and oxygen atoms in total. The Morgan fingerprint density at radius 2 is 1.89 bits per heavy atom. The molecule has 1 aromatic heterocycles. The Hall–Kier alpha value is -3.93. The summed E-state index contributed by atoms with van der Waals surface area (Å²) < 4.78 is 17.9. The van der Waals surface area contributed by atoms with Crippen LogP contribution in [-0.4, -0.2) is 83.6 Å². The van der Waals surface area contributed by atoms with Crippen molar-refractivity contribution in [3.63, 3.8) is 0 Å². The van der Waals surface area contributed by atoms with Gasteiger partial charge in [0.25, 0.3) is 5.91 Å². The molecule has 0 saturated heterocycles. The highest BCUT2D eigenvalue weighted by molar-refractivity contribution is 6.03. The van der Waals surface area contributed by atoms with Crippen LogP contribution >= 0.6 is 0 Å². The van der Waals surface area contributed by atoms with Gasteiger partial charge in [-0.05, 0) is 77.8 Å². The Morgan fingerprint density at radius 3 is 2.59 bits per heavy atom. The van der Waals surface area contributed by atoms with Crippen LogP contribution in [0.25, 0.3) is 0 Å². The van der Waals surface area contributed by atoms with E-state index in [9.17, 15) is 14.7 Å². The van der Waals surface area contributed by atoms with Crippen LogP contribution in [0.5, 0.6) is 5.75 Å². The van der Waals surface area contributed by atoms with E-state index >= 15 is 0 Å². The van der Waals surface area contributed by atoms with Crippen molar-refractivity contribution in [2.75, 3.05) is 44.0 Å². The van der Waals surface area contributed by atoms with E-state index in [0.717, 1.165) is 25.8 Å².